The number of hydrogen-bond acceptors (Lipinski definition) is 2. The van der Waals surface area contributed by atoms with E-state index in [0.29, 0.717) is 5.56 Å². The monoisotopic (exact) mass is 281 g/mol. The molecule has 1 fully saturated rings. The Hall–Kier alpha value is -1.22. The molecule has 2 rings (SSSR count). The lowest BCUT2D eigenvalue weighted by Crippen LogP contribution is -2.40. The molecule has 0 radical (unpaired) electrons. The molecule has 4 heteroatoms. The van der Waals surface area contributed by atoms with Gasteiger partial charge < -0.3 is 10.4 Å². The van der Waals surface area contributed by atoms with Crippen molar-refractivity contribution in [1.82, 2.24) is 5.32 Å². The summed E-state index contributed by atoms with van der Waals surface area (Å²) in [5.41, 5.74) is 1.28. The molecule has 0 aliphatic heterocycles. The maximum Gasteiger partial charge on any atom is 0.255 e. The van der Waals surface area contributed by atoms with Crippen molar-refractivity contribution >= 4 is 17.5 Å². The van der Waals surface area contributed by atoms with E-state index in [9.17, 15) is 9.90 Å². The number of benzene rings is 1. The SMILES string of the molecule is Cc1ccc(O)c(C(=O)NC2CCCCCC2Cl)c1. The van der Waals surface area contributed by atoms with Gasteiger partial charge in [-0.05, 0) is 31.9 Å². The number of hydrogen-bond donors (Lipinski definition) is 2. The largest absolute Gasteiger partial charge is 0.507 e. The number of aryl methyl sites for hydroxylation is 1. The number of amides is 1. The number of halogens is 1. The lowest BCUT2D eigenvalue weighted by Gasteiger charge is -2.21. The van der Waals surface area contributed by atoms with E-state index in [1.807, 2.05) is 6.92 Å². The molecular formula is C15H20ClNO2. The number of rotatable bonds is 2. The van der Waals surface area contributed by atoms with Gasteiger partial charge in [0.1, 0.15) is 5.75 Å². The quantitative estimate of drug-likeness (QED) is 0.645. The minimum absolute atomic E-state index is 0.00317. The maximum atomic E-state index is 12.2. The zero-order chi connectivity index (χ0) is 13.8. The zero-order valence-corrected chi connectivity index (χ0v) is 11.9. The van der Waals surface area contributed by atoms with Gasteiger partial charge in [0, 0.05) is 6.04 Å². The van der Waals surface area contributed by atoms with Crippen molar-refractivity contribution in [2.75, 3.05) is 0 Å². The van der Waals surface area contributed by atoms with Crippen LogP contribution in [0.2, 0.25) is 0 Å². The smallest absolute Gasteiger partial charge is 0.255 e. The van der Waals surface area contributed by atoms with Crippen LogP contribution in [0.4, 0.5) is 0 Å². The van der Waals surface area contributed by atoms with Crippen molar-refractivity contribution in [3.8, 4) is 5.75 Å². The van der Waals surface area contributed by atoms with E-state index < -0.39 is 0 Å². The van der Waals surface area contributed by atoms with Crippen molar-refractivity contribution < 1.29 is 9.90 Å². The molecule has 104 valence electrons. The Balaban J connectivity index is 2.09. The van der Waals surface area contributed by atoms with Crippen LogP contribution >= 0.6 is 11.6 Å². The third-order valence-electron chi connectivity index (χ3n) is 3.64. The highest BCUT2D eigenvalue weighted by atomic mass is 35.5. The summed E-state index contributed by atoms with van der Waals surface area (Å²) in [5.74, 6) is -0.221. The summed E-state index contributed by atoms with van der Waals surface area (Å²) in [6.07, 6.45) is 5.23. The first-order valence-electron chi connectivity index (χ1n) is 6.82. The number of nitrogens with one attached hydrogen (secondary N) is 1. The van der Waals surface area contributed by atoms with Crippen molar-refractivity contribution in [3.63, 3.8) is 0 Å². The van der Waals surface area contributed by atoms with Crippen molar-refractivity contribution in [2.24, 2.45) is 0 Å². The van der Waals surface area contributed by atoms with E-state index in [2.05, 4.69) is 5.32 Å². The summed E-state index contributed by atoms with van der Waals surface area (Å²) in [4.78, 5) is 12.2. The molecule has 2 unspecified atom stereocenters. The summed E-state index contributed by atoms with van der Waals surface area (Å²) in [6.45, 7) is 1.90. The summed E-state index contributed by atoms with van der Waals surface area (Å²) in [7, 11) is 0. The highest BCUT2D eigenvalue weighted by Crippen LogP contribution is 2.24. The van der Waals surface area contributed by atoms with Gasteiger partial charge in [-0.1, -0.05) is 30.9 Å². The Labute approximate surface area is 119 Å². The minimum atomic E-state index is -0.237. The Bertz CT molecular complexity index is 461. The van der Waals surface area contributed by atoms with Crippen LogP contribution in [0.5, 0.6) is 5.75 Å². The predicted molar refractivity (Wildman–Crippen MR) is 76.8 cm³/mol. The van der Waals surface area contributed by atoms with Gasteiger partial charge in [-0.3, -0.25) is 4.79 Å². The van der Waals surface area contributed by atoms with E-state index in [1.54, 1.807) is 18.2 Å². The molecule has 1 aliphatic rings. The number of aromatic hydroxyl groups is 1. The molecule has 0 heterocycles. The molecule has 1 amide bonds. The number of phenolic OH excluding ortho intramolecular Hbond substituents is 1. The van der Waals surface area contributed by atoms with Gasteiger partial charge >= 0.3 is 0 Å². The van der Waals surface area contributed by atoms with Crippen LogP contribution in [0.15, 0.2) is 18.2 Å². The van der Waals surface area contributed by atoms with Gasteiger partial charge in [-0.15, -0.1) is 11.6 Å². The van der Waals surface area contributed by atoms with E-state index in [4.69, 9.17) is 11.6 Å². The molecule has 0 bridgehead atoms. The number of phenols is 1. The number of carbonyl (C=O) groups is 1. The van der Waals surface area contributed by atoms with Crippen molar-refractivity contribution in [1.29, 1.82) is 0 Å². The van der Waals surface area contributed by atoms with Crippen LogP contribution in [-0.2, 0) is 0 Å². The first-order valence-corrected chi connectivity index (χ1v) is 7.26. The van der Waals surface area contributed by atoms with Gasteiger partial charge in [-0.25, -0.2) is 0 Å². The molecule has 2 N–H and O–H groups in total. The van der Waals surface area contributed by atoms with E-state index >= 15 is 0 Å². The topological polar surface area (TPSA) is 49.3 Å². The zero-order valence-electron chi connectivity index (χ0n) is 11.2. The highest BCUT2D eigenvalue weighted by Gasteiger charge is 2.24. The maximum absolute atomic E-state index is 12.2. The van der Waals surface area contributed by atoms with Gasteiger partial charge in [-0.2, -0.15) is 0 Å². The van der Waals surface area contributed by atoms with Crippen LogP contribution in [0.3, 0.4) is 0 Å². The predicted octanol–water partition coefficient (Wildman–Crippen LogP) is 3.37. The normalized spacial score (nSPS) is 23.7. The molecule has 1 aromatic rings. The molecule has 3 nitrogen and oxygen atoms in total. The lowest BCUT2D eigenvalue weighted by atomic mass is 10.1. The summed E-state index contributed by atoms with van der Waals surface area (Å²) < 4.78 is 0. The highest BCUT2D eigenvalue weighted by molar-refractivity contribution is 6.21. The second-order valence-electron chi connectivity index (χ2n) is 5.25. The second-order valence-corrected chi connectivity index (χ2v) is 5.82. The van der Waals surface area contributed by atoms with Crippen LogP contribution in [0.1, 0.15) is 48.0 Å². The molecular weight excluding hydrogens is 262 g/mol. The van der Waals surface area contributed by atoms with Crippen LogP contribution in [-0.4, -0.2) is 22.4 Å². The fraction of sp³-hybridized carbons (Fsp3) is 0.533. The van der Waals surface area contributed by atoms with Crippen molar-refractivity contribution in [2.45, 2.75) is 50.4 Å². The summed E-state index contributed by atoms with van der Waals surface area (Å²) >= 11 is 6.31. The number of alkyl halides is 1. The molecule has 0 spiro atoms. The summed E-state index contributed by atoms with van der Waals surface area (Å²) in [6, 6.07) is 5.03. The molecule has 1 aliphatic carbocycles. The molecule has 2 atom stereocenters. The minimum Gasteiger partial charge on any atom is -0.507 e. The Morgan fingerprint density at radius 2 is 2.05 bits per heavy atom. The Kier molecular flexibility index (Phi) is 4.70. The average Bonchev–Trinajstić information content (AvgIpc) is 2.58. The third-order valence-corrected chi connectivity index (χ3v) is 4.17. The van der Waals surface area contributed by atoms with E-state index in [0.717, 1.165) is 31.2 Å². The number of carbonyl (C=O) groups excluding carboxylic acids is 1. The standard InChI is InChI=1S/C15H20ClNO2/c1-10-7-8-14(18)11(9-10)15(19)17-13-6-4-2-3-5-12(13)16/h7-9,12-13,18H,2-6H2,1H3,(H,17,19). The van der Waals surface area contributed by atoms with Gasteiger partial charge in [0.2, 0.25) is 0 Å². The van der Waals surface area contributed by atoms with Gasteiger partial charge in [0.05, 0.1) is 10.9 Å². The van der Waals surface area contributed by atoms with Crippen LogP contribution in [0, 0.1) is 6.92 Å². The molecule has 0 saturated heterocycles. The Morgan fingerprint density at radius 1 is 1.32 bits per heavy atom. The van der Waals surface area contributed by atoms with Crippen LogP contribution in [0.25, 0.3) is 0 Å². The van der Waals surface area contributed by atoms with Crippen molar-refractivity contribution in [3.05, 3.63) is 29.3 Å². The van der Waals surface area contributed by atoms with E-state index in [1.165, 1.54) is 6.42 Å². The second kappa shape index (κ2) is 6.29. The third kappa shape index (κ3) is 3.63. The molecule has 19 heavy (non-hydrogen) atoms. The molecule has 0 aromatic heterocycles. The fourth-order valence-electron chi connectivity index (χ4n) is 2.50. The van der Waals surface area contributed by atoms with Gasteiger partial charge in [0.25, 0.3) is 5.91 Å². The lowest BCUT2D eigenvalue weighted by molar-refractivity contribution is 0.0931. The fourth-order valence-corrected chi connectivity index (χ4v) is 2.85. The summed E-state index contributed by atoms with van der Waals surface area (Å²) in [5, 5.41) is 12.7. The average molecular weight is 282 g/mol. The van der Waals surface area contributed by atoms with Gasteiger partial charge in [0.15, 0.2) is 0 Å². The first-order chi connectivity index (χ1) is 9.08. The molecule has 1 saturated carbocycles. The van der Waals surface area contributed by atoms with Crippen LogP contribution < -0.4 is 5.32 Å². The first kappa shape index (κ1) is 14.2. The Morgan fingerprint density at radius 3 is 2.84 bits per heavy atom. The molecule has 1 aromatic carbocycles. The van der Waals surface area contributed by atoms with E-state index in [-0.39, 0.29) is 23.1 Å².